The zero-order valence-electron chi connectivity index (χ0n) is 18.1. The van der Waals surface area contributed by atoms with Gasteiger partial charge in [-0.15, -0.1) is 0 Å². The molecule has 1 amide bonds. The Balaban J connectivity index is 1.62. The lowest BCUT2D eigenvalue weighted by Crippen LogP contribution is -2.36. The van der Waals surface area contributed by atoms with Gasteiger partial charge in [-0.05, 0) is 54.8 Å². The minimum absolute atomic E-state index is 0.0361. The lowest BCUT2D eigenvalue weighted by atomic mass is 10.1. The van der Waals surface area contributed by atoms with Crippen LogP contribution in [0.25, 0.3) is 0 Å². The van der Waals surface area contributed by atoms with E-state index in [0.717, 1.165) is 48.8 Å². The average molecular weight is 415 g/mol. The van der Waals surface area contributed by atoms with Gasteiger partial charge >= 0.3 is 0 Å². The van der Waals surface area contributed by atoms with Crippen LogP contribution in [0, 0.1) is 6.92 Å². The molecule has 1 fully saturated rings. The summed E-state index contributed by atoms with van der Waals surface area (Å²) in [6.45, 7) is 5.29. The maximum absolute atomic E-state index is 12.5. The fourth-order valence-electron chi connectivity index (χ4n) is 3.56. The van der Waals surface area contributed by atoms with Gasteiger partial charge in [0.05, 0.1) is 34.5 Å². The summed E-state index contributed by atoms with van der Waals surface area (Å²) in [5, 5.41) is 3.02. The summed E-state index contributed by atoms with van der Waals surface area (Å²) in [5.41, 5.74) is 3.98. The van der Waals surface area contributed by atoms with Gasteiger partial charge in [0.15, 0.2) is 11.5 Å². The smallest absolute Gasteiger partial charge is 0.224 e. The number of methoxy groups -OCH3 is 3. The van der Waals surface area contributed by atoms with Gasteiger partial charge < -0.3 is 29.2 Å². The number of carbonyl (C=O) groups is 1. The van der Waals surface area contributed by atoms with Crippen LogP contribution in [0.15, 0.2) is 30.3 Å². The molecule has 1 aliphatic rings. The molecule has 0 aromatic heterocycles. The van der Waals surface area contributed by atoms with Crippen LogP contribution in [-0.2, 0) is 16.0 Å². The Labute approximate surface area is 177 Å². The van der Waals surface area contributed by atoms with E-state index in [2.05, 4.69) is 16.3 Å². The summed E-state index contributed by atoms with van der Waals surface area (Å²) in [5.74, 6) is 1.68. The molecule has 0 bridgehead atoms. The molecule has 0 spiro atoms. The highest BCUT2D eigenvalue weighted by Gasteiger charge is 2.15. The first-order valence-corrected chi connectivity index (χ1v) is 10.1. The molecule has 1 heterocycles. The molecule has 0 atom stereocenters. The maximum atomic E-state index is 12.5. The van der Waals surface area contributed by atoms with Crippen LogP contribution < -0.4 is 24.4 Å². The minimum Gasteiger partial charge on any atom is -0.493 e. The van der Waals surface area contributed by atoms with Crippen molar-refractivity contribution in [3.63, 3.8) is 0 Å². The lowest BCUT2D eigenvalue weighted by Gasteiger charge is -2.29. The summed E-state index contributed by atoms with van der Waals surface area (Å²) in [6.07, 6.45) is 0.913. The largest absolute Gasteiger partial charge is 0.493 e. The molecule has 7 heteroatoms. The fourth-order valence-corrected chi connectivity index (χ4v) is 3.56. The Morgan fingerprint density at radius 1 is 1.03 bits per heavy atom. The highest BCUT2D eigenvalue weighted by molar-refractivity contribution is 5.92. The molecule has 2 aromatic carbocycles. The van der Waals surface area contributed by atoms with Crippen LogP contribution in [0.3, 0.4) is 0 Å². The number of hydrogen-bond donors (Lipinski definition) is 1. The monoisotopic (exact) mass is 414 g/mol. The van der Waals surface area contributed by atoms with Crippen LogP contribution in [-0.4, -0.2) is 53.5 Å². The Morgan fingerprint density at radius 3 is 2.27 bits per heavy atom. The number of rotatable bonds is 8. The molecule has 162 valence electrons. The van der Waals surface area contributed by atoms with Crippen molar-refractivity contribution in [2.75, 3.05) is 57.8 Å². The van der Waals surface area contributed by atoms with Gasteiger partial charge in [0.25, 0.3) is 0 Å². The quantitative estimate of drug-likeness (QED) is 0.714. The van der Waals surface area contributed by atoms with E-state index in [0.29, 0.717) is 30.1 Å². The van der Waals surface area contributed by atoms with E-state index in [1.54, 1.807) is 21.3 Å². The zero-order chi connectivity index (χ0) is 21.5. The van der Waals surface area contributed by atoms with Crippen LogP contribution in [0.2, 0.25) is 0 Å². The maximum Gasteiger partial charge on any atom is 0.224 e. The van der Waals surface area contributed by atoms with Gasteiger partial charge in [-0.3, -0.25) is 4.79 Å². The first-order chi connectivity index (χ1) is 14.5. The summed E-state index contributed by atoms with van der Waals surface area (Å²) >= 11 is 0. The first-order valence-electron chi connectivity index (χ1n) is 10.1. The van der Waals surface area contributed by atoms with E-state index in [4.69, 9.17) is 18.9 Å². The Bertz CT molecular complexity index is 853. The van der Waals surface area contributed by atoms with E-state index >= 15 is 0 Å². The molecule has 30 heavy (non-hydrogen) atoms. The molecular formula is C23H30N2O5. The summed E-state index contributed by atoms with van der Waals surface area (Å²) < 4.78 is 21.5. The number of benzene rings is 2. The number of nitrogens with one attached hydrogen (secondary N) is 1. The lowest BCUT2D eigenvalue weighted by molar-refractivity contribution is -0.116. The van der Waals surface area contributed by atoms with E-state index in [9.17, 15) is 4.79 Å². The van der Waals surface area contributed by atoms with Gasteiger partial charge in [0.1, 0.15) is 0 Å². The highest BCUT2D eigenvalue weighted by atomic mass is 16.5. The topological polar surface area (TPSA) is 69.3 Å². The van der Waals surface area contributed by atoms with E-state index in [1.165, 1.54) is 0 Å². The predicted octanol–water partition coefficient (Wildman–Crippen LogP) is 3.43. The Hall–Kier alpha value is -2.93. The Morgan fingerprint density at radius 2 is 1.70 bits per heavy atom. The van der Waals surface area contributed by atoms with E-state index in [1.807, 2.05) is 31.2 Å². The van der Waals surface area contributed by atoms with Gasteiger partial charge in [0.2, 0.25) is 11.7 Å². The Kier molecular flexibility index (Phi) is 7.41. The second-order valence-electron chi connectivity index (χ2n) is 7.18. The molecule has 0 unspecified atom stereocenters. The molecule has 0 aliphatic carbocycles. The van der Waals surface area contributed by atoms with Crippen molar-refractivity contribution >= 4 is 17.3 Å². The van der Waals surface area contributed by atoms with Crippen LogP contribution in [0.4, 0.5) is 11.4 Å². The molecular weight excluding hydrogens is 384 g/mol. The standard InChI is InChI=1S/C23H30N2O5/c1-16-13-18(25-9-11-30-12-10-25)6-7-19(16)24-22(26)8-5-17-14-20(27-2)23(29-4)21(15-17)28-3/h6-7,13-15H,5,8-12H2,1-4H3,(H,24,26). The van der Waals surface area contributed by atoms with Crippen molar-refractivity contribution in [3.05, 3.63) is 41.5 Å². The average Bonchev–Trinajstić information content (AvgIpc) is 2.78. The van der Waals surface area contributed by atoms with E-state index < -0.39 is 0 Å². The van der Waals surface area contributed by atoms with Crippen molar-refractivity contribution in [1.82, 2.24) is 0 Å². The van der Waals surface area contributed by atoms with E-state index in [-0.39, 0.29) is 5.91 Å². The van der Waals surface area contributed by atoms with Crippen LogP contribution >= 0.6 is 0 Å². The molecule has 3 rings (SSSR count). The fraction of sp³-hybridized carbons (Fsp3) is 0.435. The molecule has 1 aliphatic heterocycles. The second-order valence-corrected chi connectivity index (χ2v) is 7.18. The third kappa shape index (κ3) is 5.16. The highest BCUT2D eigenvalue weighted by Crippen LogP contribution is 2.38. The van der Waals surface area contributed by atoms with Crippen molar-refractivity contribution in [2.24, 2.45) is 0 Å². The number of aryl methyl sites for hydroxylation is 2. The molecule has 7 nitrogen and oxygen atoms in total. The zero-order valence-corrected chi connectivity index (χ0v) is 18.1. The first kappa shape index (κ1) is 21.8. The summed E-state index contributed by atoms with van der Waals surface area (Å²) in [7, 11) is 4.73. The third-order valence-corrected chi connectivity index (χ3v) is 5.23. The number of morpholine rings is 1. The number of ether oxygens (including phenoxy) is 4. The molecule has 2 aromatic rings. The number of hydrogen-bond acceptors (Lipinski definition) is 6. The van der Waals surface area contributed by atoms with Crippen molar-refractivity contribution in [2.45, 2.75) is 19.8 Å². The summed E-state index contributed by atoms with van der Waals surface area (Å²) in [6, 6.07) is 9.87. The van der Waals surface area contributed by atoms with Crippen LogP contribution in [0.1, 0.15) is 17.5 Å². The minimum atomic E-state index is -0.0361. The molecule has 1 saturated heterocycles. The predicted molar refractivity (Wildman–Crippen MR) is 117 cm³/mol. The molecule has 0 radical (unpaired) electrons. The van der Waals surface area contributed by atoms with Crippen LogP contribution in [0.5, 0.6) is 17.2 Å². The second kappa shape index (κ2) is 10.2. The molecule has 1 N–H and O–H groups in total. The number of nitrogens with zero attached hydrogens (tertiary/aromatic N) is 1. The van der Waals surface area contributed by atoms with Gasteiger partial charge in [-0.25, -0.2) is 0 Å². The van der Waals surface area contributed by atoms with Crippen molar-refractivity contribution in [3.8, 4) is 17.2 Å². The van der Waals surface area contributed by atoms with Gasteiger partial charge in [-0.1, -0.05) is 0 Å². The van der Waals surface area contributed by atoms with Crippen molar-refractivity contribution < 1.29 is 23.7 Å². The number of anilines is 2. The van der Waals surface area contributed by atoms with Gasteiger partial charge in [-0.2, -0.15) is 0 Å². The van der Waals surface area contributed by atoms with Gasteiger partial charge in [0, 0.05) is 30.9 Å². The molecule has 0 saturated carbocycles. The number of carbonyl (C=O) groups excluding carboxylic acids is 1. The summed E-state index contributed by atoms with van der Waals surface area (Å²) in [4.78, 5) is 14.8. The number of amides is 1. The normalized spacial score (nSPS) is 13.7. The van der Waals surface area contributed by atoms with Crippen molar-refractivity contribution in [1.29, 1.82) is 0 Å². The SMILES string of the molecule is COc1cc(CCC(=O)Nc2ccc(N3CCOCC3)cc2C)cc(OC)c1OC. The third-order valence-electron chi connectivity index (χ3n) is 5.23.